The zero-order chi connectivity index (χ0) is 15.4. The minimum Gasteiger partial charge on any atom is -0.497 e. The minimum absolute atomic E-state index is 0.146. The number of Topliss-reactive ketones (excluding diaryl/α,β-unsaturated/α-hetero) is 1. The molecule has 0 bridgehead atoms. The van der Waals surface area contributed by atoms with Crippen LogP contribution in [0.2, 0.25) is 10.0 Å². The summed E-state index contributed by atoms with van der Waals surface area (Å²) in [5.74, 6) is 0.282. The van der Waals surface area contributed by atoms with E-state index in [1.54, 1.807) is 43.5 Å². The number of ether oxygens (including phenoxy) is 1. The SMILES string of the molecule is COc1ccc(C(=O)CS(=O)c2cc(Cl)ccc2Cl)cc1. The number of methoxy groups -OCH3 is 1. The van der Waals surface area contributed by atoms with Gasteiger partial charge in [0.25, 0.3) is 0 Å². The van der Waals surface area contributed by atoms with Crippen LogP contribution in [-0.2, 0) is 10.8 Å². The summed E-state index contributed by atoms with van der Waals surface area (Å²) in [5, 5.41) is 0.764. The topological polar surface area (TPSA) is 43.4 Å². The summed E-state index contributed by atoms with van der Waals surface area (Å²) in [4.78, 5) is 12.5. The first-order valence-corrected chi connectivity index (χ1v) is 8.09. The smallest absolute Gasteiger partial charge is 0.175 e. The second kappa shape index (κ2) is 7.07. The Bertz CT molecular complexity index is 684. The van der Waals surface area contributed by atoms with E-state index in [2.05, 4.69) is 0 Å². The molecule has 0 aromatic heterocycles. The lowest BCUT2D eigenvalue weighted by molar-refractivity contribution is 0.102. The molecule has 0 aliphatic heterocycles. The molecule has 0 saturated carbocycles. The van der Waals surface area contributed by atoms with Gasteiger partial charge in [-0.15, -0.1) is 0 Å². The van der Waals surface area contributed by atoms with Gasteiger partial charge in [-0.2, -0.15) is 0 Å². The first kappa shape index (κ1) is 16.0. The van der Waals surface area contributed by atoms with Crippen LogP contribution in [-0.4, -0.2) is 22.9 Å². The molecule has 21 heavy (non-hydrogen) atoms. The van der Waals surface area contributed by atoms with Crippen LogP contribution in [0.4, 0.5) is 0 Å². The molecular weight excluding hydrogens is 331 g/mol. The van der Waals surface area contributed by atoms with Crippen molar-refractivity contribution >= 4 is 39.8 Å². The van der Waals surface area contributed by atoms with Crippen molar-refractivity contribution in [1.82, 2.24) is 0 Å². The Morgan fingerprint density at radius 1 is 1.14 bits per heavy atom. The average molecular weight is 343 g/mol. The largest absolute Gasteiger partial charge is 0.497 e. The molecule has 0 fully saturated rings. The fourth-order valence-electron chi connectivity index (χ4n) is 1.71. The van der Waals surface area contributed by atoms with Crippen LogP contribution in [0.3, 0.4) is 0 Å². The predicted molar refractivity (Wildman–Crippen MR) is 85.1 cm³/mol. The van der Waals surface area contributed by atoms with E-state index in [4.69, 9.17) is 27.9 Å². The van der Waals surface area contributed by atoms with E-state index in [1.807, 2.05) is 0 Å². The summed E-state index contributed by atoms with van der Waals surface area (Å²) in [6, 6.07) is 11.3. The quantitative estimate of drug-likeness (QED) is 0.771. The Hall–Kier alpha value is -1.36. The van der Waals surface area contributed by atoms with Gasteiger partial charge in [0, 0.05) is 10.6 Å². The molecule has 0 spiro atoms. The van der Waals surface area contributed by atoms with Crippen molar-refractivity contribution in [3.05, 3.63) is 58.1 Å². The Kier molecular flexibility index (Phi) is 5.39. The molecule has 1 unspecified atom stereocenters. The second-order valence-electron chi connectivity index (χ2n) is 4.22. The molecule has 2 rings (SSSR count). The average Bonchev–Trinajstić information content (AvgIpc) is 2.49. The van der Waals surface area contributed by atoms with Gasteiger partial charge in [0.2, 0.25) is 0 Å². The van der Waals surface area contributed by atoms with Gasteiger partial charge >= 0.3 is 0 Å². The van der Waals surface area contributed by atoms with Crippen LogP contribution < -0.4 is 4.74 Å². The third kappa shape index (κ3) is 4.06. The monoisotopic (exact) mass is 342 g/mol. The van der Waals surface area contributed by atoms with Crippen molar-refractivity contribution in [2.75, 3.05) is 12.9 Å². The standard InChI is InChI=1S/C15H12Cl2O3S/c1-20-12-5-2-10(3-6-12)14(18)9-21(19)15-8-11(16)4-7-13(15)17/h2-8H,9H2,1H3. The van der Waals surface area contributed by atoms with Gasteiger partial charge in [-0.05, 0) is 42.5 Å². The van der Waals surface area contributed by atoms with Crippen LogP contribution >= 0.6 is 23.2 Å². The molecule has 6 heteroatoms. The Balaban J connectivity index is 2.14. The molecule has 0 N–H and O–H groups in total. The van der Waals surface area contributed by atoms with Crippen LogP contribution in [0, 0.1) is 0 Å². The number of halogens is 2. The Morgan fingerprint density at radius 3 is 2.43 bits per heavy atom. The number of ketones is 1. The van der Waals surface area contributed by atoms with Crippen molar-refractivity contribution in [3.63, 3.8) is 0 Å². The highest BCUT2D eigenvalue weighted by atomic mass is 35.5. The number of hydrogen-bond acceptors (Lipinski definition) is 3. The molecule has 2 aromatic carbocycles. The highest BCUT2D eigenvalue weighted by molar-refractivity contribution is 7.86. The van der Waals surface area contributed by atoms with Gasteiger partial charge in [-0.1, -0.05) is 23.2 Å². The van der Waals surface area contributed by atoms with Gasteiger partial charge in [0.15, 0.2) is 5.78 Å². The van der Waals surface area contributed by atoms with Crippen LogP contribution in [0.1, 0.15) is 10.4 Å². The fraction of sp³-hybridized carbons (Fsp3) is 0.133. The van der Waals surface area contributed by atoms with E-state index >= 15 is 0 Å². The number of carbonyl (C=O) groups excluding carboxylic acids is 1. The normalized spacial score (nSPS) is 12.0. The lowest BCUT2D eigenvalue weighted by Gasteiger charge is -2.06. The van der Waals surface area contributed by atoms with Crippen molar-refractivity contribution in [2.45, 2.75) is 4.90 Å². The van der Waals surface area contributed by atoms with E-state index in [0.29, 0.717) is 26.3 Å². The molecule has 0 aliphatic rings. The molecule has 0 aliphatic carbocycles. The molecule has 0 heterocycles. The number of benzene rings is 2. The minimum atomic E-state index is -1.54. The van der Waals surface area contributed by atoms with E-state index in [-0.39, 0.29) is 11.5 Å². The van der Waals surface area contributed by atoms with E-state index < -0.39 is 10.8 Å². The summed E-state index contributed by atoms with van der Waals surface area (Å²) in [7, 11) is 0.00848. The van der Waals surface area contributed by atoms with E-state index in [1.165, 1.54) is 6.07 Å². The highest BCUT2D eigenvalue weighted by Gasteiger charge is 2.15. The summed E-state index contributed by atoms with van der Waals surface area (Å²) >= 11 is 11.8. The first-order chi connectivity index (χ1) is 10.0. The lowest BCUT2D eigenvalue weighted by Crippen LogP contribution is -2.11. The van der Waals surface area contributed by atoms with Crippen molar-refractivity contribution in [2.24, 2.45) is 0 Å². The Morgan fingerprint density at radius 2 is 1.81 bits per heavy atom. The zero-order valence-corrected chi connectivity index (χ0v) is 13.5. The van der Waals surface area contributed by atoms with Gasteiger partial charge in [-0.3, -0.25) is 9.00 Å². The van der Waals surface area contributed by atoms with E-state index in [9.17, 15) is 9.00 Å². The lowest BCUT2D eigenvalue weighted by atomic mass is 10.1. The molecule has 3 nitrogen and oxygen atoms in total. The molecule has 1 atom stereocenters. The fourth-order valence-corrected chi connectivity index (χ4v) is 3.43. The third-order valence-corrected chi connectivity index (χ3v) is 4.84. The van der Waals surface area contributed by atoms with Crippen LogP contribution in [0.15, 0.2) is 47.4 Å². The third-order valence-electron chi connectivity index (χ3n) is 2.81. The van der Waals surface area contributed by atoms with Crippen molar-refractivity contribution in [3.8, 4) is 5.75 Å². The van der Waals surface area contributed by atoms with Gasteiger partial charge in [-0.25, -0.2) is 0 Å². The molecule has 110 valence electrons. The zero-order valence-electron chi connectivity index (χ0n) is 11.1. The second-order valence-corrected chi connectivity index (χ2v) is 6.48. The van der Waals surface area contributed by atoms with Gasteiger partial charge in [0.05, 0.1) is 33.6 Å². The van der Waals surface area contributed by atoms with E-state index in [0.717, 1.165) is 0 Å². The number of rotatable bonds is 5. The maximum Gasteiger partial charge on any atom is 0.175 e. The summed E-state index contributed by atoms with van der Waals surface area (Å²) < 4.78 is 17.3. The van der Waals surface area contributed by atoms with Gasteiger partial charge in [0.1, 0.15) is 5.75 Å². The molecule has 0 radical (unpaired) electrons. The summed E-state index contributed by atoms with van der Waals surface area (Å²) in [6.45, 7) is 0. The Labute approximate surface area is 135 Å². The first-order valence-electron chi connectivity index (χ1n) is 6.02. The molecule has 0 amide bonds. The van der Waals surface area contributed by atoms with Gasteiger partial charge < -0.3 is 4.74 Å². The molecule has 2 aromatic rings. The van der Waals surface area contributed by atoms with Crippen LogP contribution in [0.25, 0.3) is 0 Å². The maximum atomic E-state index is 12.2. The predicted octanol–water partition coefficient (Wildman–Crippen LogP) is 3.99. The summed E-state index contributed by atoms with van der Waals surface area (Å²) in [6.07, 6.45) is 0. The highest BCUT2D eigenvalue weighted by Crippen LogP contribution is 2.24. The summed E-state index contributed by atoms with van der Waals surface area (Å²) in [5.41, 5.74) is 0.474. The number of hydrogen-bond donors (Lipinski definition) is 0. The molecule has 0 saturated heterocycles. The van der Waals surface area contributed by atoms with Crippen LogP contribution in [0.5, 0.6) is 5.75 Å². The maximum absolute atomic E-state index is 12.2. The van der Waals surface area contributed by atoms with Crippen molar-refractivity contribution < 1.29 is 13.7 Å². The molecular formula is C15H12Cl2O3S. The number of carbonyl (C=O) groups is 1. The van der Waals surface area contributed by atoms with Crippen molar-refractivity contribution in [1.29, 1.82) is 0 Å².